The number of hydrogen-bond acceptors (Lipinski definition) is 3. The van der Waals surface area contributed by atoms with Crippen LogP contribution in [0.2, 0.25) is 0 Å². The Morgan fingerprint density at radius 1 is 1.04 bits per heavy atom. The first kappa shape index (κ1) is 14.7. The molecule has 2 heterocycles. The molecule has 2 aromatic carbocycles. The molecule has 0 spiro atoms. The van der Waals surface area contributed by atoms with Crippen molar-refractivity contribution in [3.8, 4) is 11.5 Å². The lowest BCUT2D eigenvalue weighted by Crippen LogP contribution is -1.99. The Bertz CT molecular complexity index is 940. The first-order chi connectivity index (χ1) is 11.7. The van der Waals surface area contributed by atoms with Crippen LogP contribution in [-0.2, 0) is 7.05 Å². The third-order valence-corrected chi connectivity index (χ3v) is 4.67. The summed E-state index contributed by atoms with van der Waals surface area (Å²) in [5.74, 6) is 1.65. The second-order valence-corrected chi connectivity index (χ2v) is 5.99. The van der Waals surface area contributed by atoms with Gasteiger partial charge in [0.1, 0.15) is 0 Å². The van der Waals surface area contributed by atoms with Gasteiger partial charge in [-0.05, 0) is 41.6 Å². The highest BCUT2D eigenvalue weighted by Gasteiger charge is 2.22. The van der Waals surface area contributed by atoms with E-state index in [9.17, 15) is 0 Å². The second kappa shape index (κ2) is 5.64. The molecule has 1 aliphatic rings. The number of benzene rings is 2. The number of methoxy groups -OCH3 is 2. The van der Waals surface area contributed by atoms with Crippen molar-refractivity contribution >= 4 is 16.6 Å². The standard InChI is InChI=1S/C20H20N2O2/c1-22-12-15-14(13-7-8-18(23-2)19(11-13)24-3)9-10-21-16-5-4-6-17(22)20(15)16/h4-12,14,21H,1-3H3. The molecule has 1 atom stereocenters. The van der Waals surface area contributed by atoms with Crippen molar-refractivity contribution in [2.45, 2.75) is 5.92 Å². The highest BCUT2D eigenvalue weighted by atomic mass is 16.5. The van der Waals surface area contributed by atoms with Crippen molar-refractivity contribution in [2.75, 3.05) is 19.5 Å². The zero-order chi connectivity index (χ0) is 16.7. The lowest BCUT2D eigenvalue weighted by molar-refractivity contribution is 0.354. The average molecular weight is 320 g/mol. The minimum atomic E-state index is 0.157. The first-order valence-electron chi connectivity index (χ1n) is 7.96. The normalized spacial score (nSPS) is 15.9. The van der Waals surface area contributed by atoms with E-state index in [1.54, 1.807) is 14.2 Å². The lowest BCUT2D eigenvalue weighted by atomic mass is 9.91. The molecule has 4 rings (SSSR count). The quantitative estimate of drug-likeness (QED) is 0.783. The number of nitrogens with zero attached hydrogens (tertiary/aromatic N) is 1. The van der Waals surface area contributed by atoms with E-state index in [4.69, 9.17) is 9.47 Å². The summed E-state index contributed by atoms with van der Waals surface area (Å²) in [6.07, 6.45) is 6.43. The zero-order valence-corrected chi connectivity index (χ0v) is 14.0. The van der Waals surface area contributed by atoms with Gasteiger partial charge in [-0.25, -0.2) is 0 Å². The summed E-state index contributed by atoms with van der Waals surface area (Å²) in [5, 5.41) is 4.67. The lowest BCUT2D eigenvalue weighted by Gasteiger charge is -2.15. The van der Waals surface area contributed by atoms with Gasteiger partial charge in [0.25, 0.3) is 0 Å². The summed E-state index contributed by atoms with van der Waals surface area (Å²) in [7, 11) is 5.42. The van der Waals surface area contributed by atoms with Crippen LogP contribution in [0.5, 0.6) is 11.5 Å². The minimum Gasteiger partial charge on any atom is -0.493 e. The summed E-state index contributed by atoms with van der Waals surface area (Å²) in [5.41, 5.74) is 4.83. The fourth-order valence-corrected chi connectivity index (χ4v) is 3.51. The highest BCUT2D eigenvalue weighted by Crippen LogP contribution is 2.40. The van der Waals surface area contributed by atoms with Crippen LogP contribution in [0.1, 0.15) is 17.0 Å². The van der Waals surface area contributed by atoms with Gasteiger partial charge in [0.2, 0.25) is 0 Å². The van der Waals surface area contributed by atoms with Gasteiger partial charge >= 0.3 is 0 Å². The molecule has 4 nitrogen and oxygen atoms in total. The van der Waals surface area contributed by atoms with E-state index >= 15 is 0 Å². The smallest absolute Gasteiger partial charge is 0.161 e. The number of aromatic nitrogens is 1. The van der Waals surface area contributed by atoms with Gasteiger partial charge < -0.3 is 19.4 Å². The predicted octanol–water partition coefficient (Wildman–Crippen LogP) is 4.27. The Kier molecular flexibility index (Phi) is 3.45. The summed E-state index contributed by atoms with van der Waals surface area (Å²) < 4.78 is 13.0. The number of ether oxygens (including phenoxy) is 2. The van der Waals surface area contributed by atoms with Crippen LogP contribution in [0.15, 0.2) is 54.9 Å². The topological polar surface area (TPSA) is 35.4 Å². The van der Waals surface area contributed by atoms with Crippen molar-refractivity contribution in [3.63, 3.8) is 0 Å². The number of hydrogen-bond donors (Lipinski definition) is 1. The molecular weight excluding hydrogens is 300 g/mol. The first-order valence-corrected chi connectivity index (χ1v) is 7.96. The molecule has 1 aliphatic heterocycles. The third kappa shape index (κ3) is 2.14. The van der Waals surface area contributed by atoms with Crippen LogP contribution in [0.4, 0.5) is 5.69 Å². The number of anilines is 1. The zero-order valence-electron chi connectivity index (χ0n) is 14.0. The van der Waals surface area contributed by atoms with Crippen LogP contribution >= 0.6 is 0 Å². The fourth-order valence-electron chi connectivity index (χ4n) is 3.51. The molecule has 0 amide bonds. The van der Waals surface area contributed by atoms with Crippen LogP contribution in [0, 0.1) is 0 Å². The maximum Gasteiger partial charge on any atom is 0.161 e. The van der Waals surface area contributed by atoms with E-state index in [0.29, 0.717) is 0 Å². The van der Waals surface area contributed by atoms with Gasteiger partial charge in [-0.15, -0.1) is 0 Å². The van der Waals surface area contributed by atoms with Crippen molar-refractivity contribution in [1.29, 1.82) is 0 Å². The third-order valence-electron chi connectivity index (χ3n) is 4.67. The molecule has 4 heteroatoms. The molecule has 0 aliphatic carbocycles. The molecule has 122 valence electrons. The van der Waals surface area contributed by atoms with E-state index in [2.05, 4.69) is 59.5 Å². The number of aryl methyl sites for hydroxylation is 1. The van der Waals surface area contributed by atoms with E-state index in [-0.39, 0.29) is 5.92 Å². The average Bonchev–Trinajstić information content (AvgIpc) is 2.84. The van der Waals surface area contributed by atoms with E-state index < -0.39 is 0 Å². The predicted molar refractivity (Wildman–Crippen MR) is 97.1 cm³/mol. The highest BCUT2D eigenvalue weighted by molar-refractivity contribution is 5.97. The fraction of sp³-hybridized carbons (Fsp3) is 0.200. The Balaban J connectivity index is 1.92. The largest absolute Gasteiger partial charge is 0.493 e. The van der Waals surface area contributed by atoms with Crippen LogP contribution in [-0.4, -0.2) is 18.8 Å². The van der Waals surface area contributed by atoms with Gasteiger partial charge in [0, 0.05) is 30.2 Å². The van der Waals surface area contributed by atoms with Crippen LogP contribution < -0.4 is 14.8 Å². The molecule has 0 radical (unpaired) electrons. The Morgan fingerprint density at radius 3 is 2.67 bits per heavy atom. The maximum absolute atomic E-state index is 5.48. The molecule has 1 aromatic heterocycles. The summed E-state index contributed by atoms with van der Waals surface area (Å²) in [4.78, 5) is 0. The molecule has 0 bridgehead atoms. The van der Waals surface area contributed by atoms with Crippen molar-refractivity contribution in [3.05, 3.63) is 66.0 Å². The maximum atomic E-state index is 5.48. The molecule has 0 saturated heterocycles. The Morgan fingerprint density at radius 2 is 1.88 bits per heavy atom. The molecule has 24 heavy (non-hydrogen) atoms. The van der Waals surface area contributed by atoms with Crippen molar-refractivity contribution in [1.82, 2.24) is 4.57 Å². The Labute approximate surface area is 141 Å². The van der Waals surface area contributed by atoms with Gasteiger partial charge in [-0.3, -0.25) is 0 Å². The number of rotatable bonds is 3. The van der Waals surface area contributed by atoms with Gasteiger partial charge in [-0.1, -0.05) is 18.2 Å². The molecular formula is C20H20N2O2. The minimum absolute atomic E-state index is 0.157. The summed E-state index contributed by atoms with van der Waals surface area (Å²) >= 11 is 0. The van der Waals surface area contributed by atoms with Crippen molar-refractivity contribution < 1.29 is 9.47 Å². The summed E-state index contributed by atoms with van der Waals surface area (Å²) in [6, 6.07) is 12.5. The second-order valence-electron chi connectivity index (χ2n) is 5.99. The SMILES string of the molecule is COc1ccc(C2C=CNc3cccc4c3c2cn4C)cc1OC. The van der Waals surface area contributed by atoms with Gasteiger partial charge in [0.05, 0.1) is 19.7 Å². The molecule has 1 unspecified atom stereocenters. The van der Waals surface area contributed by atoms with Crippen LogP contribution in [0.25, 0.3) is 10.9 Å². The summed E-state index contributed by atoms with van der Waals surface area (Å²) in [6.45, 7) is 0. The van der Waals surface area contributed by atoms with E-state index in [1.165, 1.54) is 22.0 Å². The Hall–Kier alpha value is -2.88. The van der Waals surface area contributed by atoms with E-state index in [1.807, 2.05) is 12.3 Å². The molecule has 0 fully saturated rings. The van der Waals surface area contributed by atoms with Gasteiger partial charge in [-0.2, -0.15) is 0 Å². The van der Waals surface area contributed by atoms with Crippen molar-refractivity contribution in [2.24, 2.45) is 7.05 Å². The van der Waals surface area contributed by atoms with E-state index in [0.717, 1.165) is 17.2 Å². The molecule has 3 aromatic rings. The molecule has 1 N–H and O–H groups in total. The van der Waals surface area contributed by atoms with Gasteiger partial charge in [0.15, 0.2) is 11.5 Å². The number of allylic oxidation sites excluding steroid dienone is 1. The monoisotopic (exact) mass is 320 g/mol. The van der Waals surface area contributed by atoms with Crippen LogP contribution in [0.3, 0.4) is 0 Å². The number of nitrogens with one attached hydrogen (secondary N) is 1. The molecule has 0 saturated carbocycles.